The van der Waals surface area contributed by atoms with Crippen molar-refractivity contribution in [2.75, 3.05) is 51.4 Å². The predicted octanol–water partition coefficient (Wildman–Crippen LogP) is 1.35. The molecule has 3 saturated heterocycles. The second kappa shape index (κ2) is 6.97. The number of hydrogen-bond donors (Lipinski definition) is 1. The summed E-state index contributed by atoms with van der Waals surface area (Å²) in [7, 11) is 2.18. The number of morpholine rings is 1. The Balaban J connectivity index is 1.45. The number of nitrogens with one attached hydrogen (secondary N) is 1. The largest absolute Gasteiger partial charge is 0.375 e. The van der Waals surface area contributed by atoms with Gasteiger partial charge in [0.25, 0.3) is 0 Å². The van der Waals surface area contributed by atoms with Crippen molar-refractivity contribution in [2.24, 2.45) is 0 Å². The lowest BCUT2D eigenvalue weighted by molar-refractivity contribution is -0.0954. The predicted molar refractivity (Wildman–Crippen MR) is 83.5 cm³/mol. The number of thioether (sulfide) groups is 1. The summed E-state index contributed by atoms with van der Waals surface area (Å²) in [4.78, 5) is 2.36. The van der Waals surface area contributed by atoms with Gasteiger partial charge in [-0.2, -0.15) is 11.8 Å². The summed E-state index contributed by atoms with van der Waals surface area (Å²) in [5, 5.41) is 3.74. The topological polar surface area (TPSA) is 33.7 Å². The molecular formula is C15H28N2O2S. The van der Waals surface area contributed by atoms with E-state index >= 15 is 0 Å². The van der Waals surface area contributed by atoms with Gasteiger partial charge < -0.3 is 19.7 Å². The molecule has 0 bridgehead atoms. The van der Waals surface area contributed by atoms with E-state index in [1.165, 1.54) is 30.8 Å². The van der Waals surface area contributed by atoms with Crippen LogP contribution in [0, 0.1) is 0 Å². The van der Waals surface area contributed by atoms with E-state index in [1.807, 2.05) is 0 Å². The van der Waals surface area contributed by atoms with Gasteiger partial charge in [0.1, 0.15) is 0 Å². The molecule has 0 aromatic carbocycles. The summed E-state index contributed by atoms with van der Waals surface area (Å²) in [5.74, 6) is 2.53. The summed E-state index contributed by atoms with van der Waals surface area (Å²) in [6.07, 6.45) is 5.17. The highest BCUT2D eigenvalue weighted by molar-refractivity contribution is 7.99. The summed E-state index contributed by atoms with van der Waals surface area (Å²) in [6.45, 7) is 4.90. The summed E-state index contributed by atoms with van der Waals surface area (Å²) in [6, 6.07) is 0.614. The fourth-order valence-electron chi connectivity index (χ4n) is 3.58. The molecule has 4 nitrogen and oxygen atoms in total. The highest BCUT2D eigenvalue weighted by atomic mass is 32.2. The third kappa shape index (κ3) is 3.89. The van der Waals surface area contributed by atoms with Crippen LogP contribution in [0.3, 0.4) is 0 Å². The molecule has 2 atom stereocenters. The maximum atomic E-state index is 6.15. The summed E-state index contributed by atoms with van der Waals surface area (Å²) in [5.41, 5.74) is 0.186. The fourth-order valence-corrected chi connectivity index (χ4v) is 4.82. The van der Waals surface area contributed by atoms with Gasteiger partial charge in [0.2, 0.25) is 0 Å². The first-order chi connectivity index (χ1) is 9.76. The number of rotatable bonds is 3. The van der Waals surface area contributed by atoms with Gasteiger partial charge in [-0.15, -0.1) is 0 Å². The summed E-state index contributed by atoms with van der Waals surface area (Å²) >= 11 is 2.07. The SMILES string of the molecule is CN1CCOC(CNC2CCOC3(CCSCC3)C2)C1. The second-order valence-corrected chi connectivity index (χ2v) is 7.72. The molecule has 0 aromatic rings. The molecule has 0 amide bonds. The monoisotopic (exact) mass is 300 g/mol. The molecule has 0 radical (unpaired) electrons. The van der Waals surface area contributed by atoms with E-state index in [4.69, 9.17) is 9.47 Å². The van der Waals surface area contributed by atoms with Crippen molar-refractivity contribution in [3.8, 4) is 0 Å². The molecule has 3 fully saturated rings. The van der Waals surface area contributed by atoms with Crippen molar-refractivity contribution in [3.63, 3.8) is 0 Å². The summed E-state index contributed by atoms with van der Waals surface area (Å²) < 4.78 is 12.0. The molecule has 3 aliphatic heterocycles. The third-order valence-corrected chi connectivity index (χ3v) is 5.86. The maximum absolute atomic E-state index is 6.15. The molecule has 0 aliphatic carbocycles. The van der Waals surface area contributed by atoms with Crippen LogP contribution in [0.5, 0.6) is 0 Å². The molecule has 116 valence electrons. The highest BCUT2D eigenvalue weighted by Gasteiger charge is 2.38. The zero-order valence-corrected chi connectivity index (χ0v) is 13.4. The van der Waals surface area contributed by atoms with Gasteiger partial charge >= 0.3 is 0 Å². The molecule has 5 heteroatoms. The first-order valence-electron chi connectivity index (χ1n) is 8.01. The van der Waals surface area contributed by atoms with Gasteiger partial charge in [-0.25, -0.2) is 0 Å². The number of likely N-dealkylation sites (N-methyl/N-ethyl adjacent to an activating group) is 1. The first kappa shape index (κ1) is 15.1. The Morgan fingerprint density at radius 3 is 2.95 bits per heavy atom. The number of ether oxygens (including phenoxy) is 2. The molecule has 3 heterocycles. The maximum Gasteiger partial charge on any atom is 0.0826 e. The van der Waals surface area contributed by atoms with Crippen molar-refractivity contribution < 1.29 is 9.47 Å². The molecular weight excluding hydrogens is 272 g/mol. The van der Waals surface area contributed by atoms with Crippen molar-refractivity contribution in [1.29, 1.82) is 0 Å². The van der Waals surface area contributed by atoms with Gasteiger partial charge in [-0.3, -0.25) is 0 Å². The average Bonchev–Trinajstić information content (AvgIpc) is 2.46. The average molecular weight is 300 g/mol. The highest BCUT2D eigenvalue weighted by Crippen LogP contribution is 2.37. The van der Waals surface area contributed by atoms with Gasteiger partial charge in [0.05, 0.1) is 18.3 Å². The number of hydrogen-bond acceptors (Lipinski definition) is 5. The van der Waals surface area contributed by atoms with Crippen LogP contribution >= 0.6 is 11.8 Å². The molecule has 20 heavy (non-hydrogen) atoms. The van der Waals surface area contributed by atoms with Gasteiger partial charge in [-0.1, -0.05) is 0 Å². The molecule has 0 aromatic heterocycles. The van der Waals surface area contributed by atoms with E-state index in [-0.39, 0.29) is 5.60 Å². The molecule has 3 rings (SSSR count). The van der Waals surface area contributed by atoms with E-state index in [2.05, 4.69) is 29.0 Å². The van der Waals surface area contributed by atoms with Crippen LogP contribution in [0.1, 0.15) is 25.7 Å². The second-order valence-electron chi connectivity index (χ2n) is 6.50. The van der Waals surface area contributed by atoms with Gasteiger partial charge in [0.15, 0.2) is 0 Å². The van der Waals surface area contributed by atoms with E-state index in [9.17, 15) is 0 Å². The minimum atomic E-state index is 0.186. The van der Waals surface area contributed by atoms with E-state index in [0.717, 1.165) is 39.3 Å². The third-order valence-electron chi connectivity index (χ3n) is 4.87. The molecule has 1 N–H and O–H groups in total. The Kier molecular flexibility index (Phi) is 5.26. The molecule has 0 saturated carbocycles. The minimum absolute atomic E-state index is 0.186. The zero-order chi connectivity index (χ0) is 13.8. The number of nitrogens with zero attached hydrogens (tertiary/aromatic N) is 1. The molecule has 1 spiro atoms. The van der Waals surface area contributed by atoms with Gasteiger partial charge in [0, 0.05) is 32.3 Å². The zero-order valence-electron chi connectivity index (χ0n) is 12.6. The lowest BCUT2D eigenvalue weighted by atomic mass is 9.85. The molecule has 3 aliphatic rings. The Morgan fingerprint density at radius 2 is 2.15 bits per heavy atom. The van der Waals surface area contributed by atoms with Crippen molar-refractivity contribution in [3.05, 3.63) is 0 Å². The first-order valence-corrected chi connectivity index (χ1v) is 9.16. The Bertz CT molecular complexity index is 305. The lowest BCUT2D eigenvalue weighted by Gasteiger charge is -2.44. The normalized spacial score (nSPS) is 35.2. The Morgan fingerprint density at radius 1 is 1.30 bits per heavy atom. The van der Waals surface area contributed by atoms with E-state index < -0.39 is 0 Å². The standard InChI is InChI=1S/C15H28N2O2S/c1-17-5-7-18-14(12-17)11-16-13-2-6-19-15(10-13)3-8-20-9-4-15/h13-14,16H,2-12H2,1H3. The van der Waals surface area contributed by atoms with Crippen molar-refractivity contribution >= 4 is 11.8 Å². The van der Waals surface area contributed by atoms with E-state index in [1.54, 1.807) is 0 Å². The van der Waals surface area contributed by atoms with Crippen LogP contribution in [0.15, 0.2) is 0 Å². The smallest absolute Gasteiger partial charge is 0.0826 e. The van der Waals surface area contributed by atoms with Crippen LogP contribution in [0.25, 0.3) is 0 Å². The quantitative estimate of drug-likeness (QED) is 0.851. The minimum Gasteiger partial charge on any atom is -0.375 e. The van der Waals surface area contributed by atoms with Crippen LogP contribution < -0.4 is 5.32 Å². The van der Waals surface area contributed by atoms with E-state index in [0.29, 0.717) is 12.1 Å². The fraction of sp³-hybridized carbons (Fsp3) is 1.00. The Hall–Kier alpha value is 0.190. The van der Waals surface area contributed by atoms with Gasteiger partial charge in [-0.05, 0) is 44.2 Å². The van der Waals surface area contributed by atoms with Crippen LogP contribution in [0.2, 0.25) is 0 Å². The van der Waals surface area contributed by atoms with Crippen LogP contribution in [-0.4, -0.2) is 74.0 Å². The van der Waals surface area contributed by atoms with Crippen LogP contribution in [-0.2, 0) is 9.47 Å². The molecule has 2 unspecified atom stereocenters. The van der Waals surface area contributed by atoms with Crippen LogP contribution in [0.4, 0.5) is 0 Å². The van der Waals surface area contributed by atoms with Crippen molar-refractivity contribution in [1.82, 2.24) is 10.2 Å². The Labute approximate surface area is 126 Å². The lowest BCUT2D eigenvalue weighted by Crippen LogP contribution is -2.52. The van der Waals surface area contributed by atoms with Crippen molar-refractivity contribution in [2.45, 2.75) is 43.4 Å².